The van der Waals surface area contributed by atoms with Crippen LogP contribution in [0.25, 0.3) is 0 Å². The third-order valence-corrected chi connectivity index (χ3v) is 6.06. The van der Waals surface area contributed by atoms with Crippen LogP contribution in [0.2, 0.25) is 5.02 Å². The Hall–Kier alpha value is -3.49. The van der Waals surface area contributed by atoms with Crippen molar-refractivity contribution in [2.45, 2.75) is 19.0 Å². The van der Waals surface area contributed by atoms with E-state index < -0.39 is 11.9 Å². The lowest BCUT2D eigenvalue weighted by molar-refractivity contribution is -0.124. The summed E-state index contributed by atoms with van der Waals surface area (Å²) in [5.74, 6) is -0.410. The van der Waals surface area contributed by atoms with Gasteiger partial charge in [0.2, 0.25) is 5.91 Å². The quantitative estimate of drug-likeness (QED) is 0.464. The number of benzene rings is 3. The van der Waals surface area contributed by atoms with E-state index in [0.717, 1.165) is 5.56 Å². The van der Waals surface area contributed by atoms with E-state index in [2.05, 4.69) is 5.32 Å². The smallest absolute Gasteiger partial charge is 0.256 e. The first-order chi connectivity index (χ1) is 16.4. The standard InChI is InChI=1S/C25H21ClFN3O3S/c1-33-21-11-5-16(6-12-21)15-29-22(14-23(31)28-19-9-7-18(27)8-10-19)24(32)30(25(29)34)20-4-2-3-17(26)13-20/h2-13,22H,14-15H2,1H3,(H,28,31). The molecule has 1 atom stereocenters. The molecule has 2 amide bonds. The Morgan fingerprint density at radius 3 is 2.47 bits per heavy atom. The van der Waals surface area contributed by atoms with Crippen LogP contribution in [0.1, 0.15) is 12.0 Å². The normalized spacial score (nSPS) is 15.6. The topological polar surface area (TPSA) is 61.9 Å². The largest absolute Gasteiger partial charge is 0.497 e. The van der Waals surface area contributed by atoms with Gasteiger partial charge in [-0.15, -0.1) is 0 Å². The van der Waals surface area contributed by atoms with Gasteiger partial charge in [0.05, 0.1) is 19.2 Å². The molecule has 0 spiro atoms. The molecule has 1 aliphatic heterocycles. The van der Waals surface area contributed by atoms with Crippen LogP contribution in [0.5, 0.6) is 5.75 Å². The number of thiocarbonyl (C=S) groups is 1. The summed E-state index contributed by atoms with van der Waals surface area (Å²) in [4.78, 5) is 29.4. The Balaban J connectivity index is 1.60. The fourth-order valence-corrected chi connectivity index (χ4v) is 4.29. The summed E-state index contributed by atoms with van der Waals surface area (Å²) in [6.07, 6.45) is -0.135. The lowest BCUT2D eigenvalue weighted by Crippen LogP contribution is -2.37. The number of carbonyl (C=O) groups excluding carboxylic acids is 2. The summed E-state index contributed by atoms with van der Waals surface area (Å²) in [5, 5.41) is 3.46. The summed E-state index contributed by atoms with van der Waals surface area (Å²) in [5.41, 5.74) is 1.87. The van der Waals surface area contributed by atoms with Gasteiger partial charge in [-0.25, -0.2) is 4.39 Å². The van der Waals surface area contributed by atoms with Crippen molar-refractivity contribution < 1.29 is 18.7 Å². The van der Waals surface area contributed by atoms with Gasteiger partial charge in [-0.3, -0.25) is 14.5 Å². The first-order valence-electron chi connectivity index (χ1n) is 10.4. The molecule has 6 nitrogen and oxygen atoms in total. The third kappa shape index (κ3) is 5.18. The second-order valence-electron chi connectivity index (χ2n) is 7.69. The van der Waals surface area contributed by atoms with Crippen LogP contribution in [-0.4, -0.2) is 35.0 Å². The summed E-state index contributed by atoms with van der Waals surface area (Å²) in [7, 11) is 1.59. The minimum Gasteiger partial charge on any atom is -0.497 e. The first kappa shape index (κ1) is 23.7. The fourth-order valence-electron chi connectivity index (χ4n) is 3.72. The zero-order valence-corrected chi connectivity index (χ0v) is 19.8. The molecule has 1 heterocycles. The van der Waals surface area contributed by atoms with Gasteiger partial charge >= 0.3 is 0 Å². The van der Waals surface area contributed by atoms with E-state index in [9.17, 15) is 14.0 Å². The number of nitrogens with one attached hydrogen (secondary N) is 1. The van der Waals surface area contributed by atoms with E-state index in [0.29, 0.717) is 28.7 Å². The number of halogens is 2. The zero-order valence-electron chi connectivity index (χ0n) is 18.2. The number of hydrogen-bond donors (Lipinski definition) is 1. The SMILES string of the molecule is COc1ccc(CN2C(=S)N(c3cccc(Cl)c3)C(=O)C2CC(=O)Nc2ccc(F)cc2)cc1. The molecule has 1 saturated heterocycles. The lowest BCUT2D eigenvalue weighted by Gasteiger charge is -2.24. The number of rotatable bonds is 7. The van der Waals surface area contributed by atoms with Crippen LogP contribution in [0.4, 0.5) is 15.8 Å². The lowest BCUT2D eigenvalue weighted by atomic mass is 10.1. The van der Waals surface area contributed by atoms with Crippen molar-refractivity contribution in [2.24, 2.45) is 0 Å². The Morgan fingerprint density at radius 2 is 1.82 bits per heavy atom. The molecule has 9 heteroatoms. The molecule has 1 aliphatic rings. The molecule has 4 rings (SSSR count). The van der Waals surface area contributed by atoms with Gasteiger partial charge in [0.25, 0.3) is 5.91 Å². The number of nitrogens with zero attached hydrogens (tertiary/aromatic N) is 2. The van der Waals surface area contributed by atoms with Crippen molar-refractivity contribution in [1.82, 2.24) is 4.90 Å². The van der Waals surface area contributed by atoms with E-state index in [1.165, 1.54) is 29.2 Å². The van der Waals surface area contributed by atoms with Gasteiger partial charge in [-0.1, -0.05) is 29.8 Å². The molecule has 1 unspecified atom stereocenters. The molecule has 1 fully saturated rings. The van der Waals surface area contributed by atoms with E-state index in [-0.39, 0.29) is 23.3 Å². The van der Waals surface area contributed by atoms with Crippen molar-refractivity contribution >= 4 is 52.1 Å². The van der Waals surface area contributed by atoms with Gasteiger partial charge in [0.15, 0.2) is 5.11 Å². The molecule has 0 aliphatic carbocycles. The molecule has 1 N–H and O–H groups in total. The average molecular weight is 498 g/mol. The van der Waals surface area contributed by atoms with Gasteiger partial charge in [-0.2, -0.15) is 0 Å². The Labute approximate surface area is 206 Å². The number of methoxy groups -OCH3 is 1. The Kier molecular flexibility index (Phi) is 7.09. The summed E-state index contributed by atoms with van der Waals surface area (Å²) >= 11 is 11.8. The third-order valence-electron chi connectivity index (χ3n) is 5.40. The maximum absolute atomic E-state index is 13.5. The molecule has 0 radical (unpaired) electrons. The molecular formula is C25H21ClFN3O3S. The van der Waals surface area contributed by atoms with Gasteiger partial charge in [0, 0.05) is 17.3 Å². The van der Waals surface area contributed by atoms with E-state index in [4.69, 9.17) is 28.6 Å². The number of amides is 2. The molecular weight excluding hydrogens is 477 g/mol. The van der Waals surface area contributed by atoms with Crippen LogP contribution in [-0.2, 0) is 16.1 Å². The molecule has 34 heavy (non-hydrogen) atoms. The van der Waals surface area contributed by atoms with Gasteiger partial charge < -0.3 is 15.0 Å². The average Bonchev–Trinajstić information content (AvgIpc) is 3.05. The number of carbonyl (C=O) groups is 2. The first-order valence-corrected chi connectivity index (χ1v) is 11.2. The maximum atomic E-state index is 13.5. The van der Waals surface area contributed by atoms with Crippen molar-refractivity contribution in [3.05, 3.63) is 89.2 Å². The Bertz CT molecular complexity index is 1220. The monoisotopic (exact) mass is 497 g/mol. The van der Waals surface area contributed by atoms with Crippen LogP contribution in [0, 0.1) is 5.82 Å². The van der Waals surface area contributed by atoms with E-state index in [1.54, 1.807) is 36.3 Å². The molecule has 174 valence electrons. The van der Waals surface area contributed by atoms with Crippen LogP contribution in [0.3, 0.4) is 0 Å². The van der Waals surface area contributed by atoms with Crippen molar-refractivity contribution in [3.8, 4) is 5.75 Å². The molecule has 3 aromatic rings. The summed E-state index contributed by atoms with van der Waals surface area (Å²) in [6.45, 7) is 0.320. The highest BCUT2D eigenvalue weighted by molar-refractivity contribution is 7.80. The van der Waals surface area contributed by atoms with E-state index in [1.807, 2.05) is 24.3 Å². The number of anilines is 2. The van der Waals surface area contributed by atoms with Gasteiger partial charge in [-0.05, 0) is 72.4 Å². The van der Waals surface area contributed by atoms with Crippen LogP contribution in [0.15, 0.2) is 72.8 Å². The van der Waals surface area contributed by atoms with Crippen molar-refractivity contribution in [3.63, 3.8) is 0 Å². The zero-order chi connectivity index (χ0) is 24.2. The maximum Gasteiger partial charge on any atom is 0.256 e. The van der Waals surface area contributed by atoms with Crippen LogP contribution < -0.4 is 15.0 Å². The number of hydrogen-bond acceptors (Lipinski definition) is 4. The van der Waals surface area contributed by atoms with Crippen molar-refractivity contribution in [1.29, 1.82) is 0 Å². The minimum atomic E-state index is -0.825. The fraction of sp³-hybridized carbons (Fsp3) is 0.160. The summed E-state index contributed by atoms with van der Waals surface area (Å²) < 4.78 is 18.4. The predicted molar refractivity (Wildman–Crippen MR) is 134 cm³/mol. The van der Waals surface area contributed by atoms with Crippen LogP contribution >= 0.6 is 23.8 Å². The predicted octanol–water partition coefficient (Wildman–Crippen LogP) is 5.02. The van der Waals surface area contributed by atoms with Gasteiger partial charge in [0.1, 0.15) is 17.6 Å². The molecule has 0 bridgehead atoms. The summed E-state index contributed by atoms with van der Waals surface area (Å²) in [6, 6.07) is 18.8. The highest BCUT2D eigenvalue weighted by Gasteiger charge is 2.44. The molecule has 0 aromatic heterocycles. The van der Waals surface area contributed by atoms with Crippen molar-refractivity contribution in [2.75, 3.05) is 17.3 Å². The number of ether oxygens (including phenoxy) is 1. The second-order valence-corrected chi connectivity index (χ2v) is 8.49. The highest BCUT2D eigenvalue weighted by Crippen LogP contribution is 2.30. The minimum absolute atomic E-state index is 0.135. The Morgan fingerprint density at radius 1 is 1.12 bits per heavy atom. The highest BCUT2D eigenvalue weighted by atomic mass is 35.5. The molecule has 0 saturated carbocycles. The van der Waals surface area contributed by atoms with E-state index >= 15 is 0 Å². The second kappa shape index (κ2) is 10.2. The molecule has 3 aromatic carbocycles.